The molecular formula is C16H20N2OS. The van der Waals surface area contributed by atoms with Gasteiger partial charge in [-0.3, -0.25) is 0 Å². The second-order valence-corrected chi connectivity index (χ2v) is 6.42. The van der Waals surface area contributed by atoms with Gasteiger partial charge in [0.15, 0.2) is 0 Å². The Morgan fingerprint density at radius 1 is 1.25 bits per heavy atom. The average Bonchev–Trinajstić information content (AvgIpc) is 2.90. The van der Waals surface area contributed by atoms with Crippen molar-refractivity contribution < 1.29 is 4.74 Å². The van der Waals surface area contributed by atoms with E-state index in [4.69, 9.17) is 9.72 Å². The van der Waals surface area contributed by atoms with Crippen molar-refractivity contribution in [1.82, 2.24) is 10.3 Å². The van der Waals surface area contributed by atoms with Crippen molar-refractivity contribution in [3.05, 3.63) is 34.2 Å². The number of aryl methyl sites for hydroxylation is 1. The fourth-order valence-corrected chi connectivity index (χ4v) is 3.70. The molecule has 0 spiro atoms. The van der Waals surface area contributed by atoms with Crippen molar-refractivity contribution in [3.8, 4) is 17.0 Å². The molecule has 4 heteroatoms. The first-order valence-electron chi connectivity index (χ1n) is 7.13. The molecule has 106 valence electrons. The Morgan fingerprint density at radius 2 is 2.05 bits per heavy atom. The maximum absolute atomic E-state index is 5.21. The van der Waals surface area contributed by atoms with Gasteiger partial charge in [-0.05, 0) is 50.6 Å². The lowest BCUT2D eigenvalue weighted by atomic mass is 10.1. The number of hydrogen-bond acceptors (Lipinski definition) is 4. The van der Waals surface area contributed by atoms with Crippen LogP contribution in [0.3, 0.4) is 0 Å². The molecule has 2 aromatic rings. The molecule has 1 aromatic heterocycles. The molecule has 1 aliphatic rings. The van der Waals surface area contributed by atoms with Gasteiger partial charge in [0, 0.05) is 10.4 Å². The molecule has 3 nitrogen and oxygen atoms in total. The van der Waals surface area contributed by atoms with Crippen molar-refractivity contribution in [1.29, 1.82) is 0 Å². The third kappa shape index (κ3) is 2.72. The lowest BCUT2D eigenvalue weighted by molar-refractivity contribution is 0.411. The van der Waals surface area contributed by atoms with Crippen LogP contribution >= 0.6 is 11.3 Å². The number of piperidine rings is 1. The molecule has 3 rings (SSSR count). The summed E-state index contributed by atoms with van der Waals surface area (Å²) >= 11 is 1.82. The van der Waals surface area contributed by atoms with Gasteiger partial charge in [0.25, 0.3) is 0 Å². The SMILES string of the molecule is COc1ccc(-c2nc(C3CCCCN3)sc2C)cc1. The molecule has 0 bridgehead atoms. The molecule has 1 N–H and O–H groups in total. The van der Waals surface area contributed by atoms with E-state index >= 15 is 0 Å². The monoisotopic (exact) mass is 288 g/mol. The van der Waals surface area contributed by atoms with Crippen LogP contribution in [0.2, 0.25) is 0 Å². The molecule has 1 aliphatic heterocycles. The third-order valence-electron chi connectivity index (χ3n) is 3.79. The van der Waals surface area contributed by atoms with Gasteiger partial charge in [-0.15, -0.1) is 11.3 Å². The molecule has 0 amide bonds. The number of nitrogens with zero attached hydrogens (tertiary/aromatic N) is 1. The number of rotatable bonds is 3. The van der Waals surface area contributed by atoms with Gasteiger partial charge in [0.05, 0.1) is 18.8 Å². The van der Waals surface area contributed by atoms with E-state index in [0.29, 0.717) is 6.04 Å². The molecule has 1 atom stereocenters. The van der Waals surface area contributed by atoms with E-state index < -0.39 is 0 Å². The topological polar surface area (TPSA) is 34.1 Å². The Hall–Kier alpha value is -1.39. The van der Waals surface area contributed by atoms with Crippen LogP contribution in [0.1, 0.15) is 35.2 Å². The first kappa shape index (κ1) is 13.6. The maximum Gasteiger partial charge on any atom is 0.118 e. The summed E-state index contributed by atoms with van der Waals surface area (Å²) in [7, 11) is 1.69. The minimum absolute atomic E-state index is 0.444. The van der Waals surface area contributed by atoms with Gasteiger partial charge in [-0.1, -0.05) is 6.42 Å². The van der Waals surface area contributed by atoms with Crippen LogP contribution in [-0.4, -0.2) is 18.6 Å². The summed E-state index contributed by atoms with van der Waals surface area (Å²) in [4.78, 5) is 6.16. The Kier molecular flexibility index (Phi) is 4.03. The number of hydrogen-bond donors (Lipinski definition) is 1. The van der Waals surface area contributed by atoms with Crippen LogP contribution in [0.25, 0.3) is 11.3 Å². The molecule has 1 aromatic carbocycles. The first-order chi connectivity index (χ1) is 9.78. The quantitative estimate of drug-likeness (QED) is 0.929. The van der Waals surface area contributed by atoms with Crippen molar-refractivity contribution >= 4 is 11.3 Å². The fourth-order valence-electron chi connectivity index (χ4n) is 2.65. The fraction of sp³-hybridized carbons (Fsp3) is 0.438. The predicted molar refractivity (Wildman–Crippen MR) is 83.4 cm³/mol. The first-order valence-corrected chi connectivity index (χ1v) is 7.94. The van der Waals surface area contributed by atoms with Crippen LogP contribution in [0.5, 0.6) is 5.75 Å². The summed E-state index contributed by atoms with van der Waals surface area (Å²) < 4.78 is 5.21. The molecule has 0 aliphatic carbocycles. The zero-order valence-corrected chi connectivity index (χ0v) is 12.8. The predicted octanol–water partition coefficient (Wildman–Crippen LogP) is 3.94. The van der Waals surface area contributed by atoms with E-state index in [1.807, 2.05) is 23.5 Å². The molecule has 1 saturated heterocycles. The number of methoxy groups -OCH3 is 1. The number of thiazole rings is 1. The van der Waals surface area contributed by atoms with E-state index in [0.717, 1.165) is 18.0 Å². The molecule has 0 radical (unpaired) electrons. The molecule has 2 heterocycles. The van der Waals surface area contributed by atoms with E-state index in [1.165, 1.54) is 34.7 Å². The van der Waals surface area contributed by atoms with Gasteiger partial charge in [-0.2, -0.15) is 0 Å². The van der Waals surface area contributed by atoms with E-state index in [-0.39, 0.29) is 0 Å². The Labute approximate surface area is 124 Å². The molecular weight excluding hydrogens is 268 g/mol. The van der Waals surface area contributed by atoms with Crippen LogP contribution in [-0.2, 0) is 0 Å². The Balaban J connectivity index is 1.87. The number of nitrogens with one attached hydrogen (secondary N) is 1. The number of ether oxygens (including phenoxy) is 1. The second-order valence-electron chi connectivity index (χ2n) is 5.19. The lowest BCUT2D eigenvalue weighted by Crippen LogP contribution is -2.26. The van der Waals surface area contributed by atoms with Crippen LogP contribution in [0.4, 0.5) is 0 Å². The molecule has 1 unspecified atom stereocenters. The number of benzene rings is 1. The van der Waals surface area contributed by atoms with Gasteiger partial charge in [0.1, 0.15) is 10.8 Å². The summed E-state index contributed by atoms with van der Waals surface area (Å²) in [6.45, 7) is 3.27. The number of aromatic nitrogens is 1. The third-order valence-corrected chi connectivity index (χ3v) is 4.87. The Bertz CT molecular complexity index is 571. The van der Waals surface area contributed by atoms with Crippen molar-refractivity contribution in [2.75, 3.05) is 13.7 Å². The van der Waals surface area contributed by atoms with Gasteiger partial charge in [-0.25, -0.2) is 4.98 Å². The largest absolute Gasteiger partial charge is 0.497 e. The summed E-state index contributed by atoms with van der Waals surface area (Å²) in [6, 6.07) is 8.59. The molecule has 20 heavy (non-hydrogen) atoms. The highest BCUT2D eigenvalue weighted by Crippen LogP contribution is 2.33. The van der Waals surface area contributed by atoms with E-state index in [2.05, 4.69) is 24.4 Å². The maximum atomic E-state index is 5.21. The standard InChI is InChI=1S/C16H20N2OS/c1-11-15(12-6-8-13(19-2)9-7-12)18-16(20-11)14-5-3-4-10-17-14/h6-9,14,17H,3-5,10H2,1-2H3. The van der Waals surface area contributed by atoms with E-state index in [1.54, 1.807) is 7.11 Å². The Morgan fingerprint density at radius 3 is 2.70 bits per heavy atom. The highest BCUT2D eigenvalue weighted by Gasteiger charge is 2.20. The van der Waals surface area contributed by atoms with Gasteiger partial charge < -0.3 is 10.1 Å². The van der Waals surface area contributed by atoms with Crippen LogP contribution < -0.4 is 10.1 Å². The minimum Gasteiger partial charge on any atom is -0.497 e. The normalized spacial score (nSPS) is 19.0. The second kappa shape index (κ2) is 5.94. The van der Waals surface area contributed by atoms with Crippen molar-refractivity contribution in [2.45, 2.75) is 32.2 Å². The lowest BCUT2D eigenvalue weighted by Gasteiger charge is -2.21. The zero-order valence-electron chi connectivity index (χ0n) is 12.0. The minimum atomic E-state index is 0.444. The van der Waals surface area contributed by atoms with E-state index in [9.17, 15) is 0 Å². The highest BCUT2D eigenvalue weighted by atomic mass is 32.1. The molecule has 1 fully saturated rings. The van der Waals surface area contributed by atoms with Crippen LogP contribution in [0, 0.1) is 6.92 Å². The van der Waals surface area contributed by atoms with Crippen molar-refractivity contribution in [3.63, 3.8) is 0 Å². The van der Waals surface area contributed by atoms with Crippen LogP contribution in [0.15, 0.2) is 24.3 Å². The summed E-state index contributed by atoms with van der Waals surface area (Å²) in [6.07, 6.45) is 3.79. The summed E-state index contributed by atoms with van der Waals surface area (Å²) in [5.74, 6) is 0.885. The highest BCUT2D eigenvalue weighted by molar-refractivity contribution is 7.12. The molecule has 0 saturated carbocycles. The van der Waals surface area contributed by atoms with Gasteiger partial charge in [0.2, 0.25) is 0 Å². The van der Waals surface area contributed by atoms with Crippen molar-refractivity contribution in [2.24, 2.45) is 0 Å². The average molecular weight is 288 g/mol. The smallest absolute Gasteiger partial charge is 0.118 e. The summed E-state index contributed by atoms with van der Waals surface area (Å²) in [5, 5.41) is 4.80. The summed E-state index contributed by atoms with van der Waals surface area (Å²) in [5.41, 5.74) is 2.28. The zero-order chi connectivity index (χ0) is 13.9. The van der Waals surface area contributed by atoms with Gasteiger partial charge >= 0.3 is 0 Å².